The van der Waals surface area contributed by atoms with E-state index < -0.39 is 6.10 Å². The Labute approximate surface area is 76.8 Å². The Morgan fingerprint density at radius 3 is 2.85 bits per heavy atom. The zero-order chi connectivity index (χ0) is 9.84. The number of hydrogen-bond donors (Lipinski definition) is 1. The predicted octanol–water partition coefficient (Wildman–Crippen LogP) is 0.791. The summed E-state index contributed by atoms with van der Waals surface area (Å²) in [6.45, 7) is 0. The summed E-state index contributed by atoms with van der Waals surface area (Å²) in [5, 5.41) is 9.49. The highest BCUT2D eigenvalue weighted by atomic mass is 16.4. The molecular weight excluding hydrogens is 170 g/mol. The Morgan fingerprint density at radius 2 is 2.38 bits per heavy atom. The maximum absolute atomic E-state index is 11.2. The summed E-state index contributed by atoms with van der Waals surface area (Å²) in [6, 6.07) is 3.33. The fourth-order valence-corrected chi connectivity index (χ4v) is 0.929. The average molecular weight is 183 g/mol. The van der Waals surface area contributed by atoms with Crippen molar-refractivity contribution in [2.24, 2.45) is 0 Å². The monoisotopic (exact) mass is 183 g/mol. The van der Waals surface area contributed by atoms with Crippen molar-refractivity contribution in [3.8, 4) is 0 Å². The van der Waals surface area contributed by atoms with Gasteiger partial charge in [-0.05, 0) is 12.1 Å². The largest absolute Gasteiger partial charge is 0.467 e. The molecule has 1 N–H and O–H groups in total. The van der Waals surface area contributed by atoms with E-state index in [9.17, 15) is 9.90 Å². The van der Waals surface area contributed by atoms with E-state index in [-0.39, 0.29) is 12.3 Å². The molecule has 0 unspecified atom stereocenters. The SMILES string of the molecule is CN(C)C(=O)C[C@@H](O)c1ccco1. The van der Waals surface area contributed by atoms with E-state index in [1.54, 1.807) is 26.2 Å². The van der Waals surface area contributed by atoms with E-state index in [1.165, 1.54) is 11.2 Å². The van der Waals surface area contributed by atoms with Gasteiger partial charge in [-0.15, -0.1) is 0 Å². The number of nitrogens with zero attached hydrogens (tertiary/aromatic N) is 1. The van der Waals surface area contributed by atoms with Crippen molar-refractivity contribution in [3.05, 3.63) is 24.2 Å². The van der Waals surface area contributed by atoms with Gasteiger partial charge in [0.1, 0.15) is 11.9 Å². The first-order valence-corrected chi connectivity index (χ1v) is 4.03. The number of aliphatic hydroxyl groups excluding tert-OH is 1. The summed E-state index contributed by atoms with van der Waals surface area (Å²) in [7, 11) is 3.30. The Hall–Kier alpha value is -1.29. The highest BCUT2D eigenvalue weighted by molar-refractivity contribution is 5.76. The molecule has 0 aromatic carbocycles. The van der Waals surface area contributed by atoms with Crippen LogP contribution in [0.5, 0.6) is 0 Å². The molecule has 1 atom stereocenters. The number of amides is 1. The van der Waals surface area contributed by atoms with Crippen LogP contribution in [0.4, 0.5) is 0 Å². The molecule has 0 aliphatic rings. The van der Waals surface area contributed by atoms with Crippen molar-refractivity contribution < 1.29 is 14.3 Å². The van der Waals surface area contributed by atoms with Gasteiger partial charge >= 0.3 is 0 Å². The van der Waals surface area contributed by atoms with E-state index in [0.29, 0.717) is 5.76 Å². The van der Waals surface area contributed by atoms with Crippen LogP contribution in [0.15, 0.2) is 22.8 Å². The van der Waals surface area contributed by atoms with Gasteiger partial charge in [0.2, 0.25) is 5.91 Å². The lowest BCUT2D eigenvalue weighted by atomic mass is 10.2. The molecule has 1 aromatic rings. The average Bonchev–Trinajstić information content (AvgIpc) is 2.55. The molecule has 4 nitrogen and oxygen atoms in total. The van der Waals surface area contributed by atoms with Crippen molar-refractivity contribution in [1.82, 2.24) is 4.90 Å². The minimum atomic E-state index is -0.843. The third-order valence-electron chi connectivity index (χ3n) is 1.74. The van der Waals surface area contributed by atoms with Crippen LogP contribution in [0.2, 0.25) is 0 Å². The first kappa shape index (κ1) is 9.80. The Bertz CT molecular complexity index is 266. The summed E-state index contributed by atoms with van der Waals surface area (Å²) >= 11 is 0. The standard InChI is InChI=1S/C9H13NO3/c1-10(2)9(12)6-7(11)8-4-3-5-13-8/h3-5,7,11H,6H2,1-2H3/t7-/m1/s1. The number of aliphatic hydroxyl groups is 1. The summed E-state index contributed by atoms with van der Waals surface area (Å²) in [5.74, 6) is 0.305. The minimum absolute atomic E-state index is 0.0561. The molecule has 1 aromatic heterocycles. The number of hydrogen-bond acceptors (Lipinski definition) is 3. The van der Waals surface area contributed by atoms with Gasteiger partial charge in [-0.25, -0.2) is 0 Å². The summed E-state index contributed by atoms with van der Waals surface area (Å²) < 4.78 is 4.96. The van der Waals surface area contributed by atoms with E-state index >= 15 is 0 Å². The fourth-order valence-electron chi connectivity index (χ4n) is 0.929. The number of carbonyl (C=O) groups excluding carboxylic acids is 1. The smallest absolute Gasteiger partial charge is 0.225 e. The van der Waals surface area contributed by atoms with Crippen molar-refractivity contribution in [2.75, 3.05) is 14.1 Å². The van der Waals surface area contributed by atoms with Crippen molar-refractivity contribution in [1.29, 1.82) is 0 Å². The Balaban J connectivity index is 2.51. The summed E-state index contributed by atoms with van der Waals surface area (Å²) in [4.78, 5) is 12.6. The highest BCUT2D eigenvalue weighted by Gasteiger charge is 2.15. The molecule has 1 rings (SSSR count). The van der Waals surface area contributed by atoms with Gasteiger partial charge in [0, 0.05) is 14.1 Å². The van der Waals surface area contributed by atoms with Gasteiger partial charge < -0.3 is 14.4 Å². The topological polar surface area (TPSA) is 53.7 Å². The van der Waals surface area contributed by atoms with Crippen molar-refractivity contribution >= 4 is 5.91 Å². The van der Waals surface area contributed by atoms with Crippen LogP contribution < -0.4 is 0 Å². The molecule has 4 heteroatoms. The van der Waals surface area contributed by atoms with Gasteiger partial charge in [0.15, 0.2) is 0 Å². The van der Waals surface area contributed by atoms with Crippen LogP contribution in [0, 0.1) is 0 Å². The molecule has 1 amide bonds. The van der Waals surface area contributed by atoms with Gasteiger partial charge in [-0.1, -0.05) is 0 Å². The first-order valence-electron chi connectivity index (χ1n) is 4.03. The minimum Gasteiger partial charge on any atom is -0.467 e. The third kappa shape index (κ3) is 2.59. The first-order chi connectivity index (χ1) is 6.11. The van der Waals surface area contributed by atoms with Crippen LogP contribution in [0.1, 0.15) is 18.3 Å². The van der Waals surface area contributed by atoms with E-state index in [4.69, 9.17) is 4.42 Å². The van der Waals surface area contributed by atoms with Crippen LogP contribution in [0.3, 0.4) is 0 Å². The van der Waals surface area contributed by atoms with Crippen molar-refractivity contribution in [2.45, 2.75) is 12.5 Å². The van der Waals surface area contributed by atoms with Gasteiger partial charge in [-0.2, -0.15) is 0 Å². The number of rotatable bonds is 3. The normalized spacial score (nSPS) is 12.5. The van der Waals surface area contributed by atoms with Crippen LogP contribution in [-0.2, 0) is 4.79 Å². The van der Waals surface area contributed by atoms with Crippen LogP contribution in [-0.4, -0.2) is 30.0 Å². The molecule has 0 bridgehead atoms. The molecule has 0 saturated heterocycles. The summed E-state index contributed by atoms with van der Waals surface area (Å²) in [5.41, 5.74) is 0. The second kappa shape index (κ2) is 4.09. The van der Waals surface area contributed by atoms with Crippen LogP contribution in [0.25, 0.3) is 0 Å². The second-order valence-corrected chi connectivity index (χ2v) is 3.02. The zero-order valence-electron chi connectivity index (χ0n) is 7.73. The highest BCUT2D eigenvalue weighted by Crippen LogP contribution is 2.16. The number of carbonyl (C=O) groups is 1. The molecule has 13 heavy (non-hydrogen) atoms. The van der Waals surface area contributed by atoms with Crippen molar-refractivity contribution in [3.63, 3.8) is 0 Å². The maximum Gasteiger partial charge on any atom is 0.225 e. The van der Waals surface area contributed by atoms with E-state index in [2.05, 4.69) is 0 Å². The van der Waals surface area contributed by atoms with Crippen LogP contribution >= 0.6 is 0 Å². The molecular formula is C9H13NO3. The predicted molar refractivity (Wildman–Crippen MR) is 47.0 cm³/mol. The van der Waals surface area contributed by atoms with Gasteiger partial charge in [-0.3, -0.25) is 4.79 Å². The molecule has 0 spiro atoms. The number of furan rings is 1. The van der Waals surface area contributed by atoms with Gasteiger partial charge in [0.05, 0.1) is 12.7 Å². The Kier molecular flexibility index (Phi) is 3.08. The summed E-state index contributed by atoms with van der Waals surface area (Å²) in [6.07, 6.45) is 0.684. The second-order valence-electron chi connectivity index (χ2n) is 3.02. The zero-order valence-corrected chi connectivity index (χ0v) is 7.73. The lowest BCUT2D eigenvalue weighted by Gasteiger charge is -2.12. The maximum atomic E-state index is 11.2. The molecule has 0 radical (unpaired) electrons. The Morgan fingerprint density at radius 1 is 1.69 bits per heavy atom. The lowest BCUT2D eigenvalue weighted by molar-refractivity contribution is -0.131. The molecule has 72 valence electrons. The lowest BCUT2D eigenvalue weighted by Crippen LogP contribution is -2.23. The molecule has 1 heterocycles. The molecule has 0 aliphatic carbocycles. The molecule has 0 fully saturated rings. The third-order valence-corrected chi connectivity index (χ3v) is 1.74. The van der Waals surface area contributed by atoms with Gasteiger partial charge in [0.25, 0.3) is 0 Å². The fraction of sp³-hybridized carbons (Fsp3) is 0.444. The molecule has 0 aliphatic heterocycles. The quantitative estimate of drug-likeness (QED) is 0.753. The molecule has 0 saturated carbocycles. The van der Waals surface area contributed by atoms with E-state index in [1.807, 2.05) is 0 Å². The van der Waals surface area contributed by atoms with E-state index in [0.717, 1.165) is 0 Å².